The van der Waals surface area contributed by atoms with Crippen LogP contribution in [0.3, 0.4) is 0 Å². The summed E-state index contributed by atoms with van der Waals surface area (Å²) in [6.07, 6.45) is 3.03. The molecule has 0 aliphatic carbocycles. The van der Waals surface area contributed by atoms with Crippen LogP contribution in [0, 0.1) is 0 Å². The average Bonchev–Trinajstić information content (AvgIpc) is 2.56. The van der Waals surface area contributed by atoms with E-state index in [0.29, 0.717) is 10.2 Å². The number of carbonyl (C=O) groups excluding carboxylic acids is 1. The summed E-state index contributed by atoms with van der Waals surface area (Å²) in [6, 6.07) is 9.62. The quantitative estimate of drug-likeness (QED) is 0.836. The van der Waals surface area contributed by atoms with Gasteiger partial charge in [0.05, 0.1) is 4.48 Å². The molecule has 0 saturated heterocycles. The van der Waals surface area contributed by atoms with E-state index in [4.69, 9.17) is 4.74 Å². The molecular formula is C11H8BrNO2. The number of nitrogens with one attached hydrogen (secondary N) is 1. The number of cyclic esters (lactones) is 1. The van der Waals surface area contributed by atoms with Gasteiger partial charge in [0, 0.05) is 18.0 Å². The lowest BCUT2D eigenvalue weighted by molar-refractivity contribution is -0.132. The summed E-state index contributed by atoms with van der Waals surface area (Å²) >= 11 is 3.23. The van der Waals surface area contributed by atoms with Crippen molar-refractivity contribution in [1.82, 2.24) is 0 Å². The summed E-state index contributed by atoms with van der Waals surface area (Å²) in [5.41, 5.74) is 0.938. The van der Waals surface area contributed by atoms with Gasteiger partial charge in [0.1, 0.15) is 0 Å². The topological polar surface area (TPSA) is 38.3 Å². The molecule has 1 aliphatic rings. The van der Waals surface area contributed by atoms with Crippen molar-refractivity contribution in [3.05, 3.63) is 52.8 Å². The molecule has 2 rings (SSSR count). The fraction of sp³-hybridized carbons (Fsp3) is 0. The van der Waals surface area contributed by atoms with Gasteiger partial charge in [-0.1, -0.05) is 18.2 Å². The largest absolute Gasteiger partial charge is 0.421 e. The van der Waals surface area contributed by atoms with Gasteiger partial charge in [0.2, 0.25) is 0 Å². The van der Waals surface area contributed by atoms with Gasteiger partial charge < -0.3 is 10.1 Å². The van der Waals surface area contributed by atoms with Crippen molar-refractivity contribution in [3.63, 3.8) is 0 Å². The van der Waals surface area contributed by atoms with Crippen LogP contribution >= 0.6 is 15.9 Å². The Labute approximate surface area is 95.6 Å². The van der Waals surface area contributed by atoms with Crippen LogP contribution in [0.2, 0.25) is 0 Å². The summed E-state index contributed by atoms with van der Waals surface area (Å²) in [4.78, 5) is 10.9. The zero-order chi connectivity index (χ0) is 10.7. The van der Waals surface area contributed by atoms with Crippen LogP contribution < -0.4 is 5.32 Å². The lowest BCUT2D eigenvalue weighted by atomic mass is 10.3. The maximum atomic E-state index is 10.9. The molecule has 0 saturated carbocycles. The van der Waals surface area contributed by atoms with Crippen LogP contribution in [0.1, 0.15) is 0 Å². The second-order valence-corrected chi connectivity index (χ2v) is 3.79. The molecule has 0 bridgehead atoms. The highest BCUT2D eigenvalue weighted by molar-refractivity contribution is 9.12. The third-order valence-electron chi connectivity index (χ3n) is 1.83. The van der Waals surface area contributed by atoms with E-state index in [1.165, 1.54) is 6.08 Å². The molecule has 3 nitrogen and oxygen atoms in total. The molecule has 1 aliphatic heterocycles. The van der Waals surface area contributed by atoms with Crippen LogP contribution in [-0.2, 0) is 9.53 Å². The summed E-state index contributed by atoms with van der Waals surface area (Å²) in [5, 5.41) is 3.03. The number of halogens is 1. The third-order valence-corrected chi connectivity index (χ3v) is 2.45. The Balaban J connectivity index is 2.08. The predicted molar refractivity (Wildman–Crippen MR) is 61.2 cm³/mol. The van der Waals surface area contributed by atoms with Crippen molar-refractivity contribution in [2.45, 2.75) is 0 Å². The van der Waals surface area contributed by atoms with E-state index in [9.17, 15) is 4.79 Å². The number of allylic oxidation sites excluding steroid dienone is 1. The Morgan fingerprint density at radius 2 is 2.00 bits per heavy atom. The van der Waals surface area contributed by atoms with Crippen molar-refractivity contribution < 1.29 is 9.53 Å². The minimum atomic E-state index is -0.358. The molecule has 0 spiro atoms. The summed E-state index contributed by atoms with van der Waals surface area (Å²) in [5.74, 6) is 0.131. The van der Waals surface area contributed by atoms with Crippen LogP contribution in [-0.4, -0.2) is 5.97 Å². The molecule has 1 heterocycles. The first kappa shape index (κ1) is 9.98. The summed E-state index contributed by atoms with van der Waals surface area (Å²) in [7, 11) is 0. The van der Waals surface area contributed by atoms with E-state index in [2.05, 4.69) is 21.2 Å². The van der Waals surface area contributed by atoms with E-state index in [1.807, 2.05) is 30.3 Å². The third kappa shape index (κ3) is 2.47. The van der Waals surface area contributed by atoms with E-state index in [0.717, 1.165) is 5.69 Å². The molecule has 0 fully saturated rings. The number of anilines is 1. The highest BCUT2D eigenvalue weighted by Crippen LogP contribution is 2.24. The van der Waals surface area contributed by atoms with E-state index < -0.39 is 0 Å². The summed E-state index contributed by atoms with van der Waals surface area (Å²) in [6.45, 7) is 0. The van der Waals surface area contributed by atoms with Crippen molar-refractivity contribution >= 4 is 27.6 Å². The number of para-hydroxylation sites is 1. The number of carbonyl (C=O) groups is 1. The Morgan fingerprint density at radius 1 is 1.27 bits per heavy atom. The van der Waals surface area contributed by atoms with E-state index >= 15 is 0 Å². The first-order valence-corrected chi connectivity index (χ1v) is 5.16. The highest BCUT2D eigenvalue weighted by Gasteiger charge is 2.17. The SMILES string of the molecule is O=C1C=C(Br)/C(=C\Nc2ccccc2)O1. The van der Waals surface area contributed by atoms with Crippen LogP contribution in [0.15, 0.2) is 52.8 Å². The number of benzene rings is 1. The molecule has 1 N–H and O–H groups in total. The van der Waals surface area contributed by atoms with Crippen molar-refractivity contribution in [2.75, 3.05) is 5.32 Å². The number of hydrogen-bond donors (Lipinski definition) is 1. The van der Waals surface area contributed by atoms with Gasteiger partial charge in [-0.2, -0.15) is 0 Å². The zero-order valence-electron chi connectivity index (χ0n) is 7.74. The number of esters is 1. The first-order valence-electron chi connectivity index (χ1n) is 4.37. The standard InChI is InChI=1S/C11H8BrNO2/c12-9-6-11(14)15-10(9)7-13-8-4-2-1-3-5-8/h1-7,13H/b10-7+. The Bertz CT molecular complexity index is 437. The molecule has 1 aromatic carbocycles. The maximum absolute atomic E-state index is 10.9. The second kappa shape index (κ2) is 4.31. The lowest BCUT2D eigenvalue weighted by Crippen LogP contribution is -1.94. The Kier molecular flexibility index (Phi) is 2.87. The smallest absolute Gasteiger partial charge is 0.337 e. The minimum absolute atomic E-state index is 0.358. The molecule has 0 unspecified atom stereocenters. The van der Waals surface area contributed by atoms with Gasteiger partial charge >= 0.3 is 5.97 Å². The van der Waals surface area contributed by atoms with Crippen LogP contribution in [0.5, 0.6) is 0 Å². The molecule has 0 amide bonds. The first-order chi connectivity index (χ1) is 7.25. The number of rotatable bonds is 2. The zero-order valence-corrected chi connectivity index (χ0v) is 9.32. The molecule has 0 aromatic heterocycles. The van der Waals surface area contributed by atoms with Gasteiger partial charge in [-0.05, 0) is 28.1 Å². The van der Waals surface area contributed by atoms with Gasteiger partial charge in [-0.15, -0.1) is 0 Å². The molecule has 0 atom stereocenters. The number of hydrogen-bond acceptors (Lipinski definition) is 3. The fourth-order valence-electron chi connectivity index (χ4n) is 1.14. The van der Waals surface area contributed by atoms with Gasteiger partial charge in [0.15, 0.2) is 5.76 Å². The normalized spacial score (nSPS) is 17.5. The van der Waals surface area contributed by atoms with E-state index in [-0.39, 0.29) is 5.97 Å². The van der Waals surface area contributed by atoms with Crippen LogP contribution in [0.4, 0.5) is 5.69 Å². The highest BCUT2D eigenvalue weighted by atomic mass is 79.9. The monoisotopic (exact) mass is 265 g/mol. The molecule has 15 heavy (non-hydrogen) atoms. The van der Waals surface area contributed by atoms with Gasteiger partial charge in [0.25, 0.3) is 0 Å². The maximum Gasteiger partial charge on any atom is 0.337 e. The van der Waals surface area contributed by atoms with Gasteiger partial charge in [-0.3, -0.25) is 0 Å². The number of ether oxygens (including phenoxy) is 1. The van der Waals surface area contributed by atoms with Crippen molar-refractivity contribution in [2.24, 2.45) is 0 Å². The Hall–Kier alpha value is -1.55. The molecule has 0 radical (unpaired) electrons. The predicted octanol–water partition coefficient (Wildman–Crippen LogP) is 2.78. The minimum Gasteiger partial charge on any atom is -0.421 e. The molecule has 4 heteroatoms. The van der Waals surface area contributed by atoms with E-state index in [1.54, 1.807) is 6.20 Å². The average molecular weight is 266 g/mol. The van der Waals surface area contributed by atoms with Crippen molar-refractivity contribution in [3.8, 4) is 0 Å². The van der Waals surface area contributed by atoms with Gasteiger partial charge in [-0.25, -0.2) is 4.79 Å². The van der Waals surface area contributed by atoms with Crippen molar-refractivity contribution in [1.29, 1.82) is 0 Å². The molecule has 1 aromatic rings. The lowest BCUT2D eigenvalue weighted by Gasteiger charge is -2.01. The molecule has 76 valence electrons. The fourth-order valence-corrected chi connectivity index (χ4v) is 1.53. The van der Waals surface area contributed by atoms with Crippen LogP contribution in [0.25, 0.3) is 0 Å². The second-order valence-electron chi connectivity index (χ2n) is 2.93. The summed E-state index contributed by atoms with van der Waals surface area (Å²) < 4.78 is 5.56. The Morgan fingerprint density at radius 3 is 2.60 bits per heavy atom. The molecular weight excluding hydrogens is 258 g/mol.